The second-order valence-electron chi connectivity index (χ2n) is 6.64. The van der Waals surface area contributed by atoms with Crippen molar-refractivity contribution in [3.8, 4) is 0 Å². The molecule has 2 unspecified atom stereocenters. The van der Waals surface area contributed by atoms with E-state index in [0.717, 1.165) is 17.4 Å². The van der Waals surface area contributed by atoms with E-state index < -0.39 is 24.2 Å². The van der Waals surface area contributed by atoms with E-state index in [2.05, 4.69) is 20.1 Å². The largest absolute Gasteiger partial charge is 0.465 e. The molecule has 146 valence electrons. The molecule has 0 aliphatic carbocycles. The van der Waals surface area contributed by atoms with Crippen molar-refractivity contribution in [3.05, 3.63) is 34.0 Å². The zero-order valence-electron chi connectivity index (χ0n) is 15.2. The summed E-state index contributed by atoms with van der Waals surface area (Å²) < 4.78 is 5.18. The Morgan fingerprint density at radius 3 is 3.14 bits per heavy atom. The smallest absolute Gasteiger partial charge is 0.317 e. The Kier molecular flexibility index (Phi) is 5.19. The Labute approximate surface area is 165 Å². The van der Waals surface area contributed by atoms with Crippen LogP contribution >= 0.6 is 11.6 Å². The Hall–Kier alpha value is -2.65. The number of likely N-dealkylation sites (tertiary alicyclic amines) is 1. The molecule has 3 atom stereocenters. The van der Waals surface area contributed by atoms with Crippen LogP contribution in [0.2, 0.25) is 5.02 Å². The number of ether oxygens (including phenoxy) is 1. The molecule has 0 radical (unpaired) electrons. The summed E-state index contributed by atoms with van der Waals surface area (Å²) in [6, 6.07) is 1.78. The number of aromatic amines is 1. The van der Waals surface area contributed by atoms with Gasteiger partial charge >= 0.3 is 5.97 Å². The highest BCUT2D eigenvalue weighted by Gasteiger charge is 2.41. The highest BCUT2D eigenvalue weighted by atomic mass is 35.5. The van der Waals surface area contributed by atoms with E-state index >= 15 is 0 Å². The summed E-state index contributed by atoms with van der Waals surface area (Å²) >= 11 is 6.08. The summed E-state index contributed by atoms with van der Waals surface area (Å²) in [7, 11) is 0. The minimum absolute atomic E-state index is 0.258. The highest BCUT2D eigenvalue weighted by molar-refractivity contribution is 6.31. The molecule has 0 aromatic carbocycles. The van der Waals surface area contributed by atoms with Gasteiger partial charge in [-0.05, 0) is 25.8 Å². The van der Waals surface area contributed by atoms with Gasteiger partial charge in [0.15, 0.2) is 5.84 Å². The first kappa shape index (κ1) is 18.7. The van der Waals surface area contributed by atoms with E-state index in [9.17, 15) is 9.70 Å². The average Bonchev–Trinajstić information content (AvgIpc) is 3.34. The quantitative estimate of drug-likeness (QED) is 0.610. The summed E-state index contributed by atoms with van der Waals surface area (Å²) in [5.74, 6) is -0.672. The van der Waals surface area contributed by atoms with Crippen LogP contribution in [0.1, 0.15) is 25.3 Å². The molecule has 0 spiro atoms. The third kappa shape index (κ3) is 3.31. The Morgan fingerprint density at radius 1 is 1.50 bits per heavy atom. The Morgan fingerprint density at radius 2 is 2.36 bits per heavy atom. The predicted octanol–water partition coefficient (Wildman–Crippen LogP) is 2.74. The molecule has 28 heavy (non-hydrogen) atoms. The molecule has 1 saturated heterocycles. The van der Waals surface area contributed by atoms with Gasteiger partial charge in [0.1, 0.15) is 23.9 Å². The van der Waals surface area contributed by atoms with Crippen molar-refractivity contribution in [1.29, 1.82) is 0 Å². The number of nitroso groups, excluding NO2 is 1. The number of rotatable bonds is 5. The van der Waals surface area contributed by atoms with Crippen molar-refractivity contribution in [2.45, 2.75) is 32.1 Å². The Balaban J connectivity index is 1.75. The van der Waals surface area contributed by atoms with Crippen LogP contribution in [0.5, 0.6) is 0 Å². The molecule has 10 heteroatoms. The lowest BCUT2D eigenvalue weighted by molar-refractivity contribution is -0.147. The number of esters is 1. The number of nitrogens with one attached hydrogen (secondary N) is 1. The van der Waals surface area contributed by atoms with Crippen molar-refractivity contribution in [3.63, 3.8) is 0 Å². The lowest BCUT2D eigenvalue weighted by Crippen LogP contribution is -2.47. The predicted molar refractivity (Wildman–Crippen MR) is 106 cm³/mol. The van der Waals surface area contributed by atoms with Crippen LogP contribution < -0.4 is 0 Å². The number of aromatic nitrogens is 2. The van der Waals surface area contributed by atoms with Gasteiger partial charge < -0.3 is 9.72 Å². The van der Waals surface area contributed by atoms with Crippen molar-refractivity contribution in [2.24, 2.45) is 21.1 Å². The molecule has 1 N–H and O–H groups in total. The molecule has 4 heterocycles. The summed E-state index contributed by atoms with van der Waals surface area (Å²) in [6.07, 6.45) is 5.20. The van der Waals surface area contributed by atoms with Gasteiger partial charge in [-0.2, -0.15) is 0 Å². The zero-order chi connectivity index (χ0) is 19.7. The fraction of sp³-hybridized carbons (Fsp3) is 0.444. The molecule has 2 aliphatic rings. The van der Waals surface area contributed by atoms with Gasteiger partial charge in [0.25, 0.3) is 0 Å². The zero-order valence-corrected chi connectivity index (χ0v) is 16.0. The third-order valence-electron chi connectivity index (χ3n) is 4.95. The number of hydrogen-bond acceptors (Lipinski definition) is 8. The second-order valence-corrected chi connectivity index (χ2v) is 7.08. The summed E-state index contributed by atoms with van der Waals surface area (Å²) in [6.45, 7) is 2.63. The van der Waals surface area contributed by atoms with Crippen LogP contribution in [0.15, 0.2) is 33.6 Å². The van der Waals surface area contributed by atoms with Gasteiger partial charge in [-0.1, -0.05) is 16.8 Å². The minimum Gasteiger partial charge on any atom is -0.465 e. The maximum absolute atomic E-state index is 12.5. The van der Waals surface area contributed by atoms with Crippen LogP contribution in [-0.2, 0) is 9.53 Å². The standard InChI is InChI=1S/C18H19ClN6O3/c1-2-28-18(26)13-9-22-16(23-17(13)25-5-3-4-14(25)24-27)12-8-21-15-11(12)6-10(19)7-20-15/h6-9,13-14,17H,2-5H2,1H3,(H,20,21)/t13?,14-,17?/m1/s1. The number of aliphatic imine (C=N–C) groups is 2. The van der Waals surface area contributed by atoms with Gasteiger partial charge in [-0.15, -0.1) is 4.91 Å². The van der Waals surface area contributed by atoms with E-state index in [1.807, 2.05) is 4.90 Å². The SMILES string of the molecule is CCOC(=O)C1C=NC(c2c[nH]c3ncc(Cl)cc23)=NC1N1CCC[C@@H]1N=O. The monoisotopic (exact) mass is 402 g/mol. The molecular weight excluding hydrogens is 384 g/mol. The number of carbonyl (C=O) groups is 1. The van der Waals surface area contributed by atoms with Gasteiger partial charge in [-0.25, -0.2) is 15.0 Å². The summed E-state index contributed by atoms with van der Waals surface area (Å²) in [5, 5.41) is 4.49. The van der Waals surface area contributed by atoms with Gasteiger partial charge in [0.2, 0.25) is 0 Å². The van der Waals surface area contributed by atoms with E-state index in [1.165, 1.54) is 0 Å². The molecule has 2 aromatic heterocycles. The maximum Gasteiger partial charge on any atom is 0.317 e. The number of fused-ring (bicyclic) bond motifs is 1. The van der Waals surface area contributed by atoms with Crippen molar-refractivity contribution in [1.82, 2.24) is 14.9 Å². The molecule has 0 saturated carbocycles. The van der Waals surface area contributed by atoms with E-state index in [1.54, 1.807) is 31.6 Å². The first-order valence-electron chi connectivity index (χ1n) is 9.12. The lowest BCUT2D eigenvalue weighted by Gasteiger charge is -2.32. The molecular formula is C18H19ClN6O3. The maximum atomic E-state index is 12.5. The fourth-order valence-corrected chi connectivity index (χ4v) is 3.82. The van der Waals surface area contributed by atoms with Gasteiger partial charge in [-0.3, -0.25) is 9.69 Å². The number of amidine groups is 1. The van der Waals surface area contributed by atoms with Gasteiger partial charge in [0.05, 0.1) is 11.6 Å². The topological polar surface area (TPSA) is 112 Å². The summed E-state index contributed by atoms with van der Waals surface area (Å²) in [5.41, 5.74) is 1.39. The normalized spacial score (nSPS) is 25.1. The third-order valence-corrected chi connectivity index (χ3v) is 5.16. The van der Waals surface area contributed by atoms with E-state index in [0.29, 0.717) is 29.5 Å². The van der Waals surface area contributed by atoms with Crippen molar-refractivity contribution in [2.75, 3.05) is 13.2 Å². The summed E-state index contributed by atoms with van der Waals surface area (Å²) in [4.78, 5) is 42.0. The van der Waals surface area contributed by atoms with Crippen LogP contribution in [0.25, 0.3) is 11.0 Å². The number of carbonyl (C=O) groups excluding carboxylic acids is 1. The second kappa shape index (κ2) is 7.76. The highest BCUT2D eigenvalue weighted by Crippen LogP contribution is 2.29. The molecule has 2 aliphatic heterocycles. The molecule has 0 amide bonds. The van der Waals surface area contributed by atoms with Crippen LogP contribution in [-0.4, -0.2) is 58.4 Å². The Bertz CT molecular complexity index is 971. The van der Waals surface area contributed by atoms with Crippen LogP contribution in [0.4, 0.5) is 0 Å². The van der Waals surface area contributed by atoms with Crippen LogP contribution in [0.3, 0.4) is 0 Å². The average molecular weight is 403 g/mol. The first-order chi connectivity index (χ1) is 13.6. The molecule has 9 nitrogen and oxygen atoms in total. The number of H-pyrrole nitrogens is 1. The number of halogens is 1. The molecule has 4 rings (SSSR count). The molecule has 0 bridgehead atoms. The van der Waals surface area contributed by atoms with Crippen molar-refractivity contribution < 1.29 is 9.53 Å². The first-order valence-corrected chi connectivity index (χ1v) is 9.50. The number of pyridine rings is 1. The van der Waals surface area contributed by atoms with Crippen molar-refractivity contribution >= 4 is 40.7 Å². The molecule has 1 fully saturated rings. The lowest BCUT2D eigenvalue weighted by atomic mass is 10.0. The van der Waals surface area contributed by atoms with Gasteiger partial charge in [0, 0.05) is 36.1 Å². The van der Waals surface area contributed by atoms with E-state index in [-0.39, 0.29) is 6.61 Å². The van der Waals surface area contributed by atoms with Crippen LogP contribution in [0, 0.1) is 10.8 Å². The number of nitrogens with zero attached hydrogens (tertiary/aromatic N) is 5. The van der Waals surface area contributed by atoms with E-state index in [4.69, 9.17) is 21.3 Å². The fourth-order valence-electron chi connectivity index (χ4n) is 3.66. The number of hydrogen-bond donors (Lipinski definition) is 1. The molecule has 2 aromatic rings. The minimum atomic E-state index is -0.696.